The van der Waals surface area contributed by atoms with Crippen molar-refractivity contribution in [1.29, 1.82) is 0 Å². The molecule has 4 nitrogen and oxygen atoms in total. The van der Waals surface area contributed by atoms with Crippen LogP contribution >= 0.6 is 11.6 Å². The molecular weight excluding hydrogens is 286 g/mol. The van der Waals surface area contributed by atoms with Crippen LogP contribution in [0, 0.1) is 0 Å². The van der Waals surface area contributed by atoms with Crippen LogP contribution < -0.4 is 10.5 Å². The number of hydrogen-bond acceptors (Lipinski definition) is 3. The van der Waals surface area contributed by atoms with E-state index in [1.165, 1.54) is 0 Å². The summed E-state index contributed by atoms with van der Waals surface area (Å²) in [7, 11) is 1.97. The predicted molar refractivity (Wildman–Crippen MR) is 85.8 cm³/mol. The summed E-state index contributed by atoms with van der Waals surface area (Å²) < 4.78 is 7.72. The fraction of sp³-hybridized carbons (Fsp3) is 0.438. The molecule has 0 saturated heterocycles. The van der Waals surface area contributed by atoms with Crippen LogP contribution in [0.25, 0.3) is 0 Å². The average Bonchev–Trinajstić information content (AvgIpc) is 2.86. The smallest absolute Gasteiger partial charge is 0.137 e. The third kappa shape index (κ3) is 4.48. The number of aryl methyl sites for hydroxylation is 1. The van der Waals surface area contributed by atoms with Crippen LogP contribution in [0.4, 0.5) is 0 Å². The van der Waals surface area contributed by atoms with Gasteiger partial charge in [0.2, 0.25) is 0 Å². The van der Waals surface area contributed by atoms with Crippen molar-refractivity contribution in [3.63, 3.8) is 0 Å². The van der Waals surface area contributed by atoms with Gasteiger partial charge in [0.15, 0.2) is 0 Å². The first-order valence-corrected chi connectivity index (χ1v) is 7.61. The number of hydrogen-bond donors (Lipinski definition) is 1. The van der Waals surface area contributed by atoms with Crippen LogP contribution in [0.2, 0.25) is 5.02 Å². The topological polar surface area (TPSA) is 53.1 Å². The average molecular weight is 308 g/mol. The molecule has 2 rings (SSSR count). The van der Waals surface area contributed by atoms with Crippen molar-refractivity contribution >= 4 is 11.6 Å². The lowest BCUT2D eigenvalue weighted by Crippen LogP contribution is -2.21. The first-order chi connectivity index (χ1) is 10.1. The fourth-order valence-corrected chi connectivity index (χ4v) is 2.38. The van der Waals surface area contributed by atoms with E-state index in [-0.39, 0.29) is 6.04 Å². The number of ether oxygens (including phenoxy) is 1. The predicted octanol–water partition coefficient (Wildman–Crippen LogP) is 2.97. The number of halogens is 1. The zero-order chi connectivity index (χ0) is 15.2. The molecule has 2 N–H and O–H groups in total. The van der Waals surface area contributed by atoms with E-state index in [0.29, 0.717) is 17.4 Å². The normalized spacial score (nSPS) is 12.4. The molecule has 0 fully saturated rings. The van der Waals surface area contributed by atoms with Gasteiger partial charge in [0.1, 0.15) is 11.6 Å². The molecule has 0 aliphatic heterocycles. The number of nitrogens with two attached hydrogens (primary N) is 1. The van der Waals surface area contributed by atoms with Crippen molar-refractivity contribution in [2.75, 3.05) is 6.61 Å². The van der Waals surface area contributed by atoms with Gasteiger partial charge in [-0.05, 0) is 30.5 Å². The number of benzene rings is 1. The van der Waals surface area contributed by atoms with Crippen LogP contribution in [0.15, 0.2) is 30.6 Å². The van der Waals surface area contributed by atoms with E-state index in [9.17, 15) is 0 Å². The molecular formula is C16H22ClN3O. The van der Waals surface area contributed by atoms with Gasteiger partial charge in [0.05, 0.1) is 11.6 Å². The molecule has 2 aromatic rings. The Morgan fingerprint density at radius 2 is 2.24 bits per heavy atom. The minimum absolute atomic E-state index is 0.177. The van der Waals surface area contributed by atoms with Gasteiger partial charge in [0, 0.05) is 31.9 Å². The number of imidazole rings is 1. The minimum Gasteiger partial charge on any atom is -0.492 e. The second kappa shape index (κ2) is 7.48. The Morgan fingerprint density at radius 1 is 1.43 bits per heavy atom. The molecule has 1 unspecified atom stereocenters. The quantitative estimate of drug-likeness (QED) is 0.855. The maximum Gasteiger partial charge on any atom is 0.137 e. The Hall–Kier alpha value is -1.52. The minimum atomic E-state index is 0.177. The molecule has 1 aromatic carbocycles. The van der Waals surface area contributed by atoms with Crippen molar-refractivity contribution in [3.05, 3.63) is 47.0 Å². The highest BCUT2D eigenvalue weighted by Crippen LogP contribution is 2.26. The first kappa shape index (κ1) is 15.9. The van der Waals surface area contributed by atoms with Gasteiger partial charge in [0.25, 0.3) is 0 Å². The van der Waals surface area contributed by atoms with Crippen molar-refractivity contribution in [3.8, 4) is 5.75 Å². The summed E-state index contributed by atoms with van der Waals surface area (Å²) in [5, 5.41) is 0.635. The highest BCUT2D eigenvalue weighted by molar-refractivity contribution is 6.32. The molecule has 0 bridgehead atoms. The maximum atomic E-state index is 6.26. The highest BCUT2D eigenvalue weighted by atomic mass is 35.5. The Kier molecular flexibility index (Phi) is 5.65. The van der Waals surface area contributed by atoms with Crippen LogP contribution in [0.3, 0.4) is 0 Å². The molecule has 114 valence electrons. The highest BCUT2D eigenvalue weighted by Gasteiger charge is 2.07. The molecule has 1 heterocycles. The maximum absolute atomic E-state index is 6.26. The summed E-state index contributed by atoms with van der Waals surface area (Å²) >= 11 is 6.26. The molecule has 5 heteroatoms. The van der Waals surface area contributed by atoms with Gasteiger partial charge in [-0.3, -0.25) is 0 Å². The molecule has 0 amide bonds. The molecule has 21 heavy (non-hydrogen) atoms. The fourth-order valence-electron chi connectivity index (χ4n) is 2.13. The van der Waals surface area contributed by atoms with Gasteiger partial charge >= 0.3 is 0 Å². The third-order valence-electron chi connectivity index (χ3n) is 3.52. The summed E-state index contributed by atoms with van der Waals surface area (Å²) in [4.78, 5) is 4.26. The van der Waals surface area contributed by atoms with Crippen LogP contribution in [0.5, 0.6) is 5.75 Å². The van der Waals surface area contributed by atoms with E-state index in [4.69, 9.17) is 22.1 Å². The number of rotatable bonds is 7. The van der Waals surface area contributed by atoms with Gasteiger partial charge in [-0.2, -0.15) is 0 Å². The zero-order valence-electron chi connectivity index (χ0n) is 12.6. The summed E-state index contributed by atoms with van der Waals surface area (Å²) in [6.07, 6.45) is 6.26. The van der Waals surface area contributed by atoms with Crippen LogP contribution in [-0.2, 0) is 19.9 Å². The van der Waals surface area contributed by atoms with Gasteiger partial charge in [-0.1, -0.05) is 24.6 Å². The Bertz CT molecular complexity index is 583. The van der Waals surface area contributed by atoms with Crippen LogP contribution in [0.1, 0.15) is 24.7 Å². The largest absolute Gasteiger partial charge is 0.492 e. The lowest BCUT2D eigenvalue weighted by molar-refractivity contribution is 0.317. The van der Waals surface area contributed by atoms with E-state index in [1.807, 2.05) is 36.0 Å². The molecule has 0 spiro atoms. The lowest BCUT2D eigenvalue weighted by atomic mass is 10.0. The monoisotopic (exact) mass is 307 g/mol. The number of nitrogens with zero attached hydrogens (tertiary/aromatic N) is 2. The molecule has 0 saturated carbocycles. The zero-order valence-corrected chi connectivity index (χ0v) is 13.3. The Balaban J connectivity index is 1.90. The second-order valence-corrected chi connectivity index (χ2v) is 5.60. The van der Waals surface area contributed by atoms with Gasteiger partial charge < -0.3 is 15.0 Å². The standard InChI is InChI=1S/C16H22ClN3O/c1-3-13(18)10-12-4-5-15(14(17)11-12)21-9-6-16-19-7-8-20(16)2/h4-5,7-8,11,13H,3,6,9-10,18H2,1-2H3. The summed E-state index contributed by atoms with van der Waals surface area (Å²) in [6, 6.07) is 6.06. The molecule has 1 atom stereocenters. The van der Waals surface area contributed by atoms with E-state index in [1.54, 1.807) is 6.20 Å². The molecule has 1 aromatic heterocycles. The lowest BCUT2D eigenvalue weighted by Gasteiger charge is -2.12. The van der Waals surface area contributed by atoms with Crippen molar-refractivity contribution in [2.45, 2.75) is 32.2 Å². The SMILES string of the molecule is CCC(N)Cc1ccc(OCCc2nccn2C)c(Cl)c1. The number of aromatic nitrogens is 2. The van der Waals surface area contributed by atoms with E-state index in [2.05, 4.69) is 11.9 Å². The first-order valence-electron chi connectivity index (χ1n) is 7.23. The molecule has 0 aliphatic rings. The summed E-state index contributed by atoms with van der Waals surface area (Å²) in [5.41, 5.74) is 7.10. The van der Waals surface area contributed by atoms with Crippen molar-refractivity contribution < 1.29 is 4.74 Å². The second-order valence-electron chi connectivity index (χ2n) is 5.19. The van der Waals surface area contributed by atoms with Gasteiger partial charge in [-0.15, -0.1) is 0 Å². The summed E-state index contributed by atoms with van der Waals surface area (Å²) in [5.74, 6) is 1.70. The third-order valence-corrected chi connectivity index (χ3v) is 3.82. The molecule has 0 radical (unpaired) electrons. The Labute approximate surface area is 130 Å². The Morgan fingerprint density at radius 3 is 2.86 bits per heavy atom. The van der Waals surface area contributed by atoms with E-state index in [0.717, 1.165) is 30.7 Å². The van der Waals surface area contributed by atoms with E-state index < -0.39 is 0 Å². The van der Waals surface area contributed by atoms with Crippen LogP contribution in [-0.4, -0.2) is 22.2 Å². The van der Waals surface area contributed by atoms with Crippen molar-refractivity contribution in [2.24, 2.45) is 12.8 Å². The van der Waals surface area contributed by atoms with Crippen molar-refractivity contribution in [1.82, 2.24) is 9.55 Å². The molecule has 0 aliphatic carbocycles. The summed E-state index contributed by atoms with van der Waals surface area (Å²) in [6.45, 7) is 2.64. The van der Waals surface area contributed by atoms with Gasteiger partial charge in [-0.25, -0.2) is 4.98 Å². The van der Waals surface area contributed by atoms with E-state index >= 15 is 0 Å².